The summed E-state index contributed by atoms with van der Waals surface area (Å²) in [6.07, 6.45) is 4.48. The molecule has 41 heavy (non-hydrogen) atoms. The molecule has 0 bridgehead atoms. The number of benzene rings is 3. The van der Waals surface area contributed by atoms with Crippen molar-refractivity contribution in [1.82, 2.24) is 10.2 Å². The summed E-state index contributed by atoms with van der Waals surface area (Å²) in [6, 6.07) is 18.6. The van der Waals surface area contributed by atoms with Gasteiger partial charge in [0.2, 0.25) is 10.0 Å². The largest absolute Gasteiger partial charge is 0.508 e. The molecule has 4 rings (SSSR count). The van der Waals surface area contributed by atoms with Gasteiger partial charge in [-0.2, -0.15) is 0 Å². The Morgan fingerprint density at radius 3 is 2.12 bits per heavy atom. The highest BCUT2D eigenvalue weighted by Crippen LogP contribution is 2.28. The Kier molecular flexibility index (Phi) is 9.95. The quantitative estimate of drug-likeness (QED) is 0.243. The lowest BCUT2D eigenvalue weighted by Crippen LogP contribution is -2.49. The first kappa shape index (κ1) is 30.0. The fourth-order valence-corrected chi connectivity index (χ4v) is 5.31. The molecule has 1 aliphatic heterocycles. The molecule has 0 aromatic heterocycles. The molecule has 220 valence electrons. The molecule has 11 heteroatoms. The smallest absolute Gasteiger partial charge is 0.322 e. The van der Waals surface area contributed by atoms with Crippen LogP contribution in [0.4, 0.5) is 16.2 Å². The van der Waals surface area contributed by atoms with Crippen LogP contribution in [0.5, 0.6) is 23.0 Å². The summed E-state index contributed by atoms with van der Waals surface area (Å²) in [5, 5.41) is 22.9. The van der Waals surface area contributed by atoms with Gasteiger partial charge in [0.15, 0.2) is 0 Å². The summed E-state index contributed by atoms with van der Waals surface area (Å²) in [6.45, 7) is 5.03. The zero-order valence-corrected chi connectivity index (χ0v) is 24.2. The number of phenolic OH excluding ortho intramolecular Hbond substituents is 2. The van der Waals surface area contributed by atoms with Crippen molar-refractivity contribution < 1.29 is 28.2 Å². The van der Waals surface area contributed by atoms with E-state index >= 15 is 0 Å². The van der Waals surface area contributed by atoms with Gasteiger partial charge in [0.05, 0.1) is 11.9 Å². The average molecular weight is 583 g/mol. The molecule has 0 atom stereocenters. The molecular weight excluding hydrogens is 544 g/mol. The van der Waals surface area contributed by atoms with Crippen LogP contribution in [-0.4, -0.2) is 61.5 Å². The number of hydrogen-bond donors (Lipinski definition) is 4. The Morgan fingerprint density at radius 1 is 0.976 bits per heavy atom. The van der Waals surface area contributed by atoms with E-state index in [0.717, 1.165) is 57.1 Å². The fourth-order valence-electron chi connectivity index (χ4n) is 4.75. The minimum Gasteiger partial charge on any atom is -0.508 e. The topological polar surface area (TPSA) is 131 Å². The first-order chi connectivity index (χ1) is 19.6. The van der Waals surface area contributed by atoms with Gasteiger partial charge in [0.25, 0.3) is 0 Å². The first-order valence-electron chi connectivity index (χ1n) is 13.8. The van der Waals surface area contributed by atoms with Gasteiger partial charge in [0.1, 0.15) is 23.0 Å². The number of amides is 2. The van der Waals surface area contributed by atoms with Crippen LogP contribution < -0.4 is 19.7 Å². The van der Waals surface area contributed by atoms with E-state index in [1.165, 1.54) is 18.2 Å². The molecule has 4 N–H and O–H groups in total. The Morgan fingerprint density at radius 2 is 1.56 bits per heavy atom. The Balaban J connectivity index is 1.25. The van der Waals surface area contributed by atoms with Crippen molar-refractivity contribution in [2.24, 2.45) is 0 Å². The summed E-state index contributed by atoms with van der Waals surface area (Å²) in [7, 11) is -3.33. The minimum atomic E-state index is -3.33. The standard InChI is InChI=1S/C30H38N4O6S/c1-3-4-15-34(25-18-26(35)20-27(36)19-25)30(37)31-23-13-16-33(17-14-23)21-22-5-9-28(10-6-22)40-29-11-7-24(8-12-29)32-41(2,38)39/h5-12,18-20,23,32,35-36H,3-4,13-17,21H2,1-2H3,(H,31,37). The predicted octanol–water partition coefficient (Wildman–Crippen LogP) is 5.24. The van der Waals surface area contributed by atoms with Gasteiger partial charge in [-0.15, -0.1) is 0 Å². The average Bonchev–Trinajstić information content (AvgIpc) is 2.91. The van der Waals surface area contributed by atoms with Crippen molar-refractivity contribution in [2.75, 3.05) is 35.5 Å². The molecule has 3 aromatic carbocycles. The van der Waals surface area contributed by atoms with Crippen LogP contribution in [0.3, 0.4) is 0 Å². The Labute approximate surface area is 241 Å². The zero-order chi connectivity index (χ0) is 29.4. The van der Waals surface area contributed by atoms with E-state index < -0.39 is 10.0 Å². The van der Waals surface area contributed by atoms with E-state index in [9.17, 15) is 23.4 Å². The van der Waals surface area contributed by atoms with Crippen LogP contribution in [0, 0.1) is 0 Å². The maximum atomic E-state index is 13.1. The molecule has 1 saturated heterocycles. The first-order valence-corrected chi connectivity index (χ1v) is 15.6. The number of carbonyl (C=O) groups excluding carboxylic acids is 1. The monoisotopic (exact) mass is 582 g/mol. The van der Waals surface area contributed by atoms with E-state index in [0.29, 0.717) is 29.4 Å². The number of carbonyl (C=O) groups is 1. The van der Waals surface area contributed by atoms with Crippen molar-refractivity contribution in [2.45, 2.75) is 45.2 Å². The highest BCUT2D eigenvalue weighted by molar-refractivity contribution is 7.92. The highest BCUT2D eigenvalue weighted by atomic mass is 32.2. The van der Waals surface area contributed by atoms with Crippen LogP contribution in [0.25, 0.3) is 0 Å². The van der Waals surface area contributed by atoms with E-state index in [1.807, 2.05) is 31.2 Å². The van der Waals surface area contributed by atoms with Gasteiger partial charge in [0, 0.05) is 56.1 Å². The molecule has 0 spiro atoms. The molecule has 10 nitrogen and oxygen atoms in total. The van der Waals surface area contributed by atoms with E-state index in [-0.39, 0.29) is 23.6 Å². The number of phenols is 2. The van der Waals surface area contributed by atoms with Crippen LogP contribution in [0.15, 0.2) is 66.7 Å². The Hall–Kier alpha value is -3.96. The number of ether oxygens (including phenoxy) is 1. The lowest BCUT2D eigenvalue weighted by atomic mass is 10.0. The molecule has 0 saturated carbocycles. The molecule has 0 aliphatic carbocycles. The van der Waals surface area contributed by atoms with Gasteiger partial charge in [-0.05, 0) is 61.2 Å². The van der Waals surface area contributed by atoms with Crippen LogP contribution >= 0.6 is 0 Å². The van der Waals surface area contributed by atoms with Gasteiger partial charge >= 0.3 is 6.03 Å². The number of nitrogens with zero attached hydrogens (tertiary/aromatic N) is 2. The zero-order valence-electron chi connectivity index (χ0n) is 23.4. The van der Waals surface area contributed by atoms with Crippen LogP contribution in [0.2, 0.25) is 0 Å². The SMILES string of the molecule is CCCCN(C(=O)NC1CCN(Cc2ccc(Oc3ccc(NS(C)(=O)=O)cc3)cc2)CC1)c1cc(O)cc(O)c1. The third-order valence-electron chi connectivity index (χ3n) is 6.82. The molecule has 2 amide bonds. The number of hydrogen-bond acceptors (Lipinski definition) is 7. The van der Waals surface area contributed by atoms with Gasteiger partial charge in [-0.1, -0.05) is 25.5 Å². The fraction of sp³-hybridized carbons (Fsp3) is 0.367. The molecule has 3 aromatic rings. The van der Waals surface area contributed by atoms with Crippen LogP contribution in [-0.2, 0) is 16.6 Å². The second kappa shape index (κ2) is 13.6. The molecule has 1 fully saturated rings. The van der Waals surface area contributed by atoms with Crippen molar-refractivity contribution in [1.29, 1.82) is 0 Å². The number of sulfonamides is 1. The summed E-state index contributed by atoms with van der Waals surface area (Å²) in [4.78, 5) is 17.1. The number of rotatable bonds is 11. The lowest BCUT2D eigenvalue weighted by molar-refractivity contribution is 0.188. The molecule has 1 aliphatic rings. The summed E-state index contributed by atoms with van der Waals surface area (Å²) in [5.41, 5.74) is 2.10. The number of unbranched alkanes of at least 4 members (excludes halogenated alkanes) is 1. The van der Waals surface area contributed by atoms with Crippen molar-refractivity contribution in [3.05, 3.63) is 72.3 Å². The van der Waals surface area contributed by atoms with E-state index in [1.54, 1.807) is 29.2 Å². The number of likely N-dealkylation sites (tertiary alicyclic amines) is 1. The van der Waals surface area contributed by atoms with E-state index in [2.05, 4.69) is 14.9 Å². The second-order valence-electron chi connectivity index (χ2n) is 10.4. The summed E-state index contributed by atoms with van der Waals surface area (Å²) in [5.74, 6) is 1.13. The van der Waals surface area contributed by atoms with Crippen LogP contribution in [0.1, 0.15) is 38.2 Å². The number of nitrogens with one attached hydrogen (secondary N) is 2. The molecule has 0 unspecified atom stereocenters. The predicted molar refractivity (Wildman–Crippen MR) is 160 cm³/mol. The van der Waals surface area contributed by atoms with E-state index in [4.69, 9.17) is 4.74 Å². The maximum Gasteiger partial charge on any atom is 0.322 e. The van der Waals surface area contributed by atoms with Crippen molar-refractivity contribution in [3.8, 4) is 23.0 Å². The molecule has 1 heterocycles. The number of piperidine rings is 1. The Bertz CT molecular complexity index is 1390. The third kappa shape index (κ3) is 9.29. The molecule has 0 radical (unpaired) electrons. The second-order valence-corrected chi connectivity index (χ2v) is 12.1. The third-order valence-corrected chi connectivity index (χ3v) is 7.42. The number of urea groups is 1. The summed E-state index contributed by atoms with van der Waals surface area (Å²) >= 11 is 0. The summed E-state index contributed by atoms with van der Waals surface area (Å²) < 4.78 is 31.0. The normalized spacial score (nSPS) is 14.4. The van der Waals surface area contributed by atoms with Crippen molar-refractivity contribution >= 4 is 27.4 Å². The maximum absolute atomic E-state index is 13.1. The van der Waals surface area contributed by atoms with Gasteiger partial charge in [-0.25, -0.2) is 13.2 Å². The highest BCUT2D eigenvalue weighted by Gasteiger charge is 2.24. The van der Waals surface area contributed by atoms with Gasteiger partial charge in [-0.3, -0.25) is 14.5 Å². The van der Waals surface area contributed by atoms with Gasteiger partial charge < -0.3 is 20.3 Å². The minimum absolute atomic E-state index is 0.0450. The number of anilines is 2. The molecular formula is C30H38N4O6S. The number of aromatic hydroxyl groups is 2. The van der Waals surface area contributed by atoms with Crippen molar-refractivity contribution in [3.63, 3.8) is 0 Å². The lowest BCUT2D eigenvalue weighted by Gasteiger charge is -2.34.